The van der Waals surface area contributed by atoms with Gasteiger partial charge in [0.2, 0.25) is 5.91 Å². The number of anilines is 1. The van der Waals surface area contributed by atoms with Crippen LogP contribution in [-0.2, 0) is 10.4 Å². The Morgan fingerprint density at radius 2 is 2.00 bits per heavy atom. The van der Waals surface area contributed by atoms with E-state index in [2.05, 4.69) is 25.4 Å². The number of aliphatic hydroxyl groups is 1. The van der Waals surface area contributed by atoms with Crippen LogP contribution in [0.3, 0.4) is 0 Å². The van der Waals surface area contributed by atoms with Crippen LogP contribution in [0.15, 0.2) is 30.7 Å². The van der Waals surface area contributed by atoms with Gasteiger partial charge in [-0.05, 0) is 45.7 Å². The van der Waals surface area contributed by atoms with E-state index >= 15 is 0 Å². The van der Waals surface area contributed by atoms with E-state index < -0.39 is 11.4 Å². The van der Waals surface area contributed by atoms with Crippen molar-refractivity contribution < 1.29 is 14.3 Å². The second-order valence-electron chi connectivity index (χ2n) is 8.48. The molecule has 0 spiro atoms. The minimum absolute atomic E-state index is 0.0359. The van der Waals surface area contributed by atoms with E-state index in [0.29, 0.717) is 16.9 Å². The van der Waals surface area contributed by atoms with Gasteiger partial charge in [0.15, 0.2) is 17.3 Å². The second kappa shape index (κ2) is 6.78. The normalized spacial score (nSPS) is 14.4. The van der Waals surface area contributed by atoms with Crippen LogP contribution in [0.2, 0.25) is 0 Å². The minimum Gasteiger partial charge on any atom is -0.386 e. The molecule has 0 bridgehead atoms. The maximum atomic E-state index is 14.7. The predicted octanol–water partition coefficient (Wildman–Crippen LogP) is 3.36. The summed E-state index contributed by atoms with van der Waals surface area (Å²) >= 11 is 0. The van der Waals surface area contributed by atoms with Crippen LogP contribution < -0.4 is 5.32 Å². The third kappa shape index (κ3) is 3.50. The van der Waals surface area contributed by atoms with Gasteiger partial charge in [0.1, 0.15) is 5.82 Å². The molecule has 0 atom stereocenters. The Bertz CT molecular complexity index is 1350. The van der Waals surface area contributed by atoms with E-state index in [4.69, 9.17) is 0 Å². The van der Waals surface area contributed by atoms with Gasteiger partial charge in [0.25, 0.3) is 0 Å². The van der Waals surface area contributed by atoms with E-state index in [1.165, 1.54) is 10.6 Å². The number of rotatable bonds is 4. The molecule has 4 aromatic heterocycles. The summed E-state index contributed by atoms with van der Waals surface area (Å²) in [4.78, 5) is 25.3. The first kappa shape index (κ1) is 19.5. The van der Waals surface area contributed by atoms with Gasteiger partial charge in [0, 0.05) is 52.1 Å². The highest BCUT2D eigenvalue weighted by Crippen LogP contribution is 2.32. The molecular formula is C22H21FN6O2. The van der Waals surface area contributed by atoms with Crippen molar-refractivity contribution in [3.05, 3.63) is 47.8 Å². The Kier molecular flexibility index (Phi) is 4.26. The molecule has 158 valence electrons. The third-order valence-electron chi connectivity index (χ3n) is 5.51. The van der Waals surface area contributed by atoms with Crippen molar-refractivity contribution in [3.8, 4) is 11.4 Å². The SMILES string of the molecule is Cc1ncc(-c2nc3c(F)cc(C(C)(C)O)cn3n2)c2cc(NC(=O)C3CC3)ncc12. The molecule has 0 saturated heterocycles. The highest BCUT2D eigenvalue weighted by molar-refractivity contribution is 5.99. The molecule has 1 amide bonds. The van der Waals surface area contributed by atoms with Gasteiger partial charge >= 0.3 is 0 Å². The van der Waals surface area contributed by atoms with E-state index in [1.807, 2.05) is 6.92 Å². The van der Waals surface area contributed by atoms with Crippen molar-refractivity contribution in [1.29, 1.82) is 0 Å². The predicted molar refractivity (Wildman–Crippen MR) is 113 cm³/mol. The zero-order valence-electron chi connectivity index (χ0n) is 17.3. The lowest BCUT2D eigenvalue weighted by molar-refractivity contribution is -0.117. The number of nitrogens with zero attached hydrogens (tertiary/aromatic N) is 5. The molecule has 8 nitrogen and oxygen atoms in total. The first-order valence-electron chi connectivity index (χ1n) is 10.1. The third-order valence-corrected chi connectivity index (χ3v) is 5.51. The number of aromatic nitrogens is 5. The lowest BCUT2D eigenvalue weighted by Crippen LogP contribution is -2.17. The molecular weight excluding hydrogens is 399 g/mol. The topological polar surface area (TPSA) is 105 Å². The monoisotopic (exact) mass is 420 g/mol. The summed E-state index contributed by atoms with van der Waals surface area (Å²) in [6, 6.07) is 3.03. The summed E-state index contributed by atoms with van der Waals surface area (Å²) < 4.78 is 16.0. The van der Waals surface area contributed by atoms with Crippen LogP contribution in [0.1, 0.15) is 37.9 Å². The summed E-state index contributed by atoms with van der Waals surface area (Å²) in [5.41, 5.74) is 0.575. The van der Waals surface area contributed by atoms with Crippen LogP contribution in [0.5, 0.6) is 0 Å². The Labute approximate surface area is 177 Å². The van der Waals surface area contributed by atoms with Gasteiger partial charge < -0.3 is 10.4 Å². The maximum Gasteiger partial charge on any atom is 0.228 e. The Morgan fingerprint density at radius 3 is 2.71 bits per heavy atom. The van der Waals surface area contributed by atoms with Crippen LogP contribution in [-0.4, -0.2) is 35.6 Å². The number of aryl methyl sites for hydroxylation is 1. The summed E-state index contributed by atoms with van der Waals surface area (Å²) in [6.07, 6.45) is 6.65. The highest BCUT2D eigenvalue weighted by atomic mass is 19.1. The lowest BCUT2D eigenvalue weighted by atomic mass is 10.0. The quantitative estimate of drug-likeness (QED) is 0.525. The maximum absolute atomic E-state index is 14.7. The van der Waals surface area contributed by atoms with Crippen LogP contribution in [0, 0.1) is 18.7 Å². The van der Waals surface area contributed by atoms with E-state index in [1.54, 1.807) is 38.5 Å². The Balaban J connectivity index is 1.65. The molecule has 9 heteroatoms. The molecule has 4 heterocycles. The smallest absolute Gasteiger partial charge is 0.228 e. The molecule has 1 aliphatic rings. The number of amides is 1. The standard InChI is InChI=1S/C22H21FN6O2/c1-11-15-8-25-18(26-21(30)12-4-5-12)7-14(15)16(9-24-11)19-27-20-17(23)6-13(22(2,3)31)10-29(20)28-19/h6-10,12,31H,4-5H2,1-3H3,(H,25,26,30). The fourth-order valence-corrected chi connectivity index (χ4v) is 3.48. The number of fused-ring (bicyclic) bond motifs is 2. The van der Waals surface area contributed by atoms with Crippen molar-refractivity contribution in [3.63, 3.8) is 0 Å². The zero-order chi connectivity index (χ0) is 21.9. The molecule has 0 radical (unpaired) electrons. The van der Waals surface area contributed by atoms with Gasteiger partial charge in [-0.3, -0.25) is 9.78 Å². The molecule has 1 saturated carbocycles. The average molecular weight is 420 g/mol. The molecule has 1 fully saturated rings. The average Bonchev–Trinajstić information content (AvgIpc) is 3.47. The lowest BCUT2D eigenvalue weighted by Gasteiger charge is -2.17. The summed E-state index contributed by atoms with van der Waals surface area (Å²) in [5, 5.41) is 19.1. The molecule has 31 heavy (non-hydrogen) atoms. The first-order valence-corrected chi connectivity index (χ1v) is 10.1. The first-order chi connectivity index (χ1) is 14.7. The Morgan fingerprint density at radius 1 is 1.23 bits per heavy atom. The van der Waals surface area contributed by atoms with Gasteiger partial charge in [-0.1, -0.05) is 0 Å². The fraction of sp³-hybridized carbons (Fsp3) is 0.318. The van der Waals surface area contributed by atoms with E-state index in [0.717, 1.165) is 29.3 Å². The van der Waals surface area contributed by atoms with Crippen molar-refractivity contribution in [1.82, 2.24) is 24.6 Å². The number of nitrogens with one attached hydrogen (secondary N) is 1. The van der Waals surface area contributed by atoms with Gasteiger partial charge in [-0.15, -0.1) is 5.10 Å². The summed E-state index contributed by atoms with van der Waals surface area (Å²) in [6.45, 7) is 5.02. The second-order valence-corrected chi connectivity index (χ2v) is 8.48. The van der Waals surface area contributed by atoms with Gasteiger partial charge in [0.05, 0.1) is 5.60 Å². The summed E-state index contributed by atoms with van der Waals surface area (Å²) in [7, 11) is 0. The molecule has 2 N–H and O–H groups in total. The minimum atomic E-state index is -1.22. The van der Waals surface area contributed by atoms with Crippen LogP contribution >= 0.6 is 0 Å². The van der Waals surface area contributed by atoms with Gasteiger partial charge in [-0.2, -0.15) is 0 Å². The number of carbonyl (C=O) groups excluding carboxylic acids is 1. The highest BCUT2D eigenvalue weighted by Gasteiger charge is 2.30. The largest absolute Gasteiger partial charge is 0.386 e. The number of hydrogen-bond donors (Lipinski definition) is 2. The molecule has 5 rings (SSSR count). The van der Waals surface area contributed by atoms with Crippen LogP contribution in [0.4, 0.5) is 10.2 Å². The number of carbonyl (C=O) groups is 1. The van der Waals surface area contributed by atoms with Crippen molar-refractivity contribution in [2.24, 2.45) is 5.92 Å². The number of pyridine rings is 3. The molecule has 1 aliphatic carbocycles. The molecule has 0 aromatic carbocycles. The number of halogens is 1. The number of hydrogen-bond acceptors (Lipinski definition) is 6. The fourth-order valence-electron chi connectivity index (χ4n) is 3.48. The van der Waals surface area contributed by atoms with Crippen molar-refractivity contribution in [2.45, 2.75) is 39.2 Å². The molecule has 4 aromatic rings. The van der Waals surface area contributed by atoms with Crippen LogP contribution in [0.25, 0.3) is 27.8 Å². The summed E-state index contributed by atoms with van der Waals surface area (Å²) in [5.74, 6) is 0.169. The van der Waals surface area contributed by atoms with Crippen molar-refractivity contribution in [2.75, 3.05) is 5.32 Å². The van der Waals surface area contributed by atoms with Gasteiger partial charge in [-0.25, -0.2) is 18.9 Å². The van der Waals surface area contributed by atoms with E-state index in [9.17, 15) is 14.3 Å². The zero-order valence-corrected chi connectivity index (χ0v) is 17.3. The molecule has 0 aliphatic heterocycles. The van der Waals surface area contributed by atoms with E-state index in [-0.39, 0.29) is 23.3 Å². The van der Waals surface area contributed by atoms with Crippen molar-refractivity contribution >= 4 is 28.1 Å². The molecule has 0 unspecified atom stereocenters. The Hall–Kier alpha value is -3.46.